The van der Waals surface area contributed by atoms with E-state index in [1.807, 2.05) is 19.1 Å². The third-order valence-corrected chi connectivity index (χ3v) is 5.24. The second kappa shape index (κ2) is 6.36. The fraction of sp³-hybridized carbons (Fsp3) is 0.500. The van der Waals surface area contributed by atoms with Crippen LogP contribution in [-0.2, 0) is 0 Å². The molecule has 0 spiro atoms. The topological polar surface area (TPSA) is 75.4 Å². The van der Waals surface area contributed by atoms with Crippen molar-refractivity contribution in [1.29, 1.82) is 0 Å². The fourth-order valence-corrected chi connectivity index (χ4v) is 3.72. The highest BCUT2D eigenvalue weighted by Crippen LogP contribution is 2.29. The number of aromatic carboxylic acids is 1. The zero-order valence-electron chi connectivity index (χ0n) is 14.3. The summed E-state index contributed by atoms with van der Waals surface area (Å²) in [5.41, 5.74) is 0.291. The van der Waals surface area contributed by atoms with Crippen LogP contribution in [-0.4, -0.2) is 44.7 Å². The lowest BCUT2D eigenvalue weighted by Gasteiger charge is -2.27. The minimum absolute atomic E-state index is 0.0961. The highest BCUT2D eigenvalue weighted by atomic mass is 16.4. The van der Waals surface area contributed by atoms with Crippen LogP contribution in [0.5, 0.6) is 0 Å². The summed E-state index contributed by atoms with van der Waals surface area (Å²) >= 11 is 0. The highest BCUT2D eigenvalue weighted by molar-refractivity contribution is 5.88. The van der Waals surface area contributed by atoms with Crippen molar-refractivity contribution in [2.45, 2.75) is 51.2 Å². The van der Waals surface area contributed by atoms with Gasteiger partial charge in [-0.05, 0) is 52.3 Å². The molecule has 1 aromatic heterocycles. The fourth-order valence-electron chi connectivity index (χ4n) is 3.72. The van der Waals surface area contributed by atoms with Crippen molar-refractivity contribution in [2.75, 3.05) is 7.05 Å². The average molecular weight is 329 g/mol. The first kappa shape index (κ1) is 16.6. The predicted molar refractivity (Wildman–Crippen MR) is 92.5 cm³/mol. The largest absolute Gasteiger partial charge is 0.476 e. The Labute approximate surface area is 140 Å². The molecule has 2 aromatic rings. The summed E-state index contributed by atoms with van der Waals surface area (Å²) in [5, 5.41) is 9.31. The van der Waals surface area contributed by atoms with Gasteiger partial charge in [-0.15, -0.1) is 0 Å². The van der Waals surface area contributed by atoms with Gasteiger partial charge >= 0.3 is 5.97 Å². The van der Waals surface area contributed by atoms with Crippen LogP contribution in [0.25, 0.3) is 11.0 Å². The van der Waals surface area contributed by atoms with E-state index >= 15 is 0 Å². The van der Waals surface area contributed by atoms with Gasteiger partial charge in [0.1, 0.15) is 0 Å². The molecule has 3 unspecified atom stereocenters. The van der Waals surface area contributed by atoms with Crippen molar-refractivity contribution in [1.82, 2.24) is 14.5 Å². The van der Waals surface area contributed by atoms with Crippen LogP contribution in [0.3, 0.4) is 0 Å². The Morgan fingerprint density at radius 3 is 2.71 bits per heavy atom. The van der Waals surface area contributed by atoms with Gasteiger partial charge in [-0.3, -0.25) is 4.79 Å². The van der Waals surface area contributed by atoms with Gasteiger partial charge < -0.3 is 14.6 Å². The number of hydrogen-bond donors (Lipinski definition) is 1. The number of carboxylic acids is 1. The molecule has 3 rings (SSSR count). The van der Waals surface area contributed by atoms with Crippen molar-refractivity contribution in [3.05, 3.63) is 40.3 Å². The molecule has 1 N–H and O–H groups in total. The normalized spacial score (nSPS) is 22.8. The van der Waals surface area contributed by atoms with Gasteiger partial charge in [-0.25, -0.2) is 9.78 Å². The minimum Gasteiger partial charge on any atom is -0.476 e. The Hall–Kier alpha value is -2.21. The van der Waals surface area contributed by atoms with Gasteiger partial charge in [0.2, 0.25) is 5.69 Å². The molecule has 1 aromatic carbocycles. The molecular weight excluding hydrogens is 306 g/mol. The predicted octanol–water partition coefficient (Wildman–Crippen LogP) is 2.53. The molecule has 3 atom stereocenters. The number of carboxylic acid groups (broad SMARTS) is 1. The average Bonchev–Trinajstić information content (AvgIpc) is 2.86. The van der Waals surface area contributed by atoms with Gasteiger partial charge in [-0.1, -0.05) is 12.1 Å². The van der Waals surface area contributed by atoms with Gasteiger partial charge in [0.25, 0.3) is 5.56 Å². The third-order valence-electron chi connectivity index (χ3n) is 5.24. The van der Waals surface area contributed by atoms with Crippen LogP contribution in [0.15, 0.2) is 29.1 Å². The number of carbonyl (C=O) groups is 1. The lowest BCUT2D eigenvalue weighted by molar-refractivity contribution is 0.0688. The second-order valence-corrected chi connectivity index (χ2v) is 6.76. The standard InChI is InChI=1S/C18H23N3O3/c1-11-8-9-13(20(11)3)10-12(2)21-15-7-5-4-6-14(15)19-16(17(21)22)18(23)24/h4-7,11-13H,8-10H2,1-3H3,(H,23,24). The molecule has 6 nitrogen and oxygen atoms in total. The first-order valence-corrected chi connectivity index (χ1v) is 8.36. The Balaban J connectivity index is 2.05. The number of likely N-dealkylation sites (tertiary alicyclic amines) is 1. The molecule has 0 aliphatic carbocycles. The van der Waals surface area contributed by atoms with E-state index < -0.39 is 17.2 Å². The Morgan fingerprint density at radius 1 is 1.38 bits per heavy atom. The van der Waals surface area contributed by atoms with Crippen LogP contribution in [0.1, 0.15) is 49.6 Å². The summed E-state index contributed by atoms with van der Waals surface area (Å²) in [6, 6.07) is 8.07. The molecule has 1 aliphatic heterocycles. The number of fused-ring (bicyclic) bond motifs is 1. The molecule has 2 heterocycles. The molecule has 128 valence electrons. The summed E-state index contributed by atoms with van der Waals surface area (Å²) in [4.78, 5) is 30.5. The third kappa shape index (κ3) is 2.82. The number of benzene rings is 1. The number of para-hydroxylation sites is 2. The van der Waals surface area contributed by atoms with Gasteiger partial charge in [0.15, 0.2) is 0 Å². The summed E-state index contributed by atoms with van der Waals surface area (Å²) in [6.07, 6.45) is 3.07. The molecule has 0 amide bonds. The van der Waals surface area contributed by atoms with E-state index in [0.717, 1.165) is 19.3 Å². The molecule has 0 bridgehead atoms. The Kier molecular flexibility index (Phi) is 4.41. The van der Waals surface area contributed by atoms with E-state index in [9.17, 15) is 14.7 Å². The quantitative estimate of drug-likeness (QED) is 0.933. The summed E-state index contributed by atoms with van der Waals surface area (Å²) in [5.74, 6) is -1.28. The monoisotopic (exact) mass is 329 g/mol. The maximum absolute atomic E-state index is 12.7. The number of nitrogens with zero attached hydrogens (tertiary/aromatic N) is 3. The highest BCUT2D eigenvalue weighted by Gasteiger charge is 2.29. The van der Waals surface area contributed by atoms with E-state index in [1.54, 1.807) is 16.7 Å². The van der Waals surface area contributed by atoms with Gasteiger partial charge in [-0.2, -0.15) is 0 Å². The number of rotatable bonds is 4. The molecule has 0 radical (unpaired) electrons. The van der Waals surface area contributed by atoms with Gasteiger partial charge in [0.05, 0.1) is 11.0 Å². The van der Waals surface area contributed by atoms with E-state index in [-0.39, 0.29) is 6.04 Å². The summed E-state index contributed by atoms with van der Waals surface area (Å²) in [7, 11) is 2.12. The number of hydrogen-bond acceptors (Lipinski definition) is 4. The Bertz CT molecular complexity index is 830. The van der Waals surface area contributed by atoms with E-state index in [2.05, 4.69) is 23.9 Å². The molecule has 0 saturated carbocycles. The lowest BCUT2D eigenvalue weighted by Crippen LogP contribution is -2.35. The molecular formula is C18H23N3O3. The molecule has 6 heteroatoms. The lowest BCUT2D eigenvalue weighted by atomic mass is 10.1. The van der Waals surface area contributed by atoms with E-state index in [1.165, 1.54) is 0 Å². The van der Waals surface area contributed by atoms with E-state index in [0.29, 0.717) is 23.1 Å². The maximum Gasteiger partial charge on any atom is 0.360 e. The van der Waals surface area contributed by atoms with Crippen molar-refractivity contribution >= 4 is 17.0 Å². The zero-order valence-corrected chi connectivity index (χ0v) is 14.3. The van der Waals surface area contributed by atoms with Gasteiger partial charge in [0, 0.05) is 18.1 Å². The molecule has 24 heavy (non-hydrogen) atoms. The second-order valence-electron chi connectivity index (χ2n) is 6.76. The summed E-state index contributed by atoms with van der Waals surface area (Å²) < 4.78 is 1.60. The van der Waals surface area contributed by atoms with Crippen LogP contribution in [0, 0.1) is 0 Å². The first-order chi connectivity index (χ1) is 11.4. The van der Waals surface area contributed by atoms with Crippen molar-refractivity contribution in [3.63, 3.8) is 0 Å². The van der Waals surface area contributed by atoms with Crippen LogP contribution < -0.4 is 5.56 Å². The zero-order chi connectivity index (χ0) is 17.4. The summed E-state index contributed by atoms with van der Waals surface area (Å²) in [6.45, 7) is 4.19. The molecule has 1 saturated heterocycles. The van der Waals surface area contributed by atoms with Crippen LogP contribution in [0.4, 0.5) is 0 Å². The minimum atomic E-state index is -1.28. The maximum atomic E-state index is 12.7. The molecule has 1 aliphatic rings. The Morgan fingerprint density at radius 2 is 2.08 bits per heavy atom. The van der Waals surface area contributed by atoms with Crippen molar-refractivity contribution < 1.29 is 9.90 Å². The number of aromatic nitrogens is 2. The van der Waals surface area contributed by atoms with Crippen LogP contribution in [0.2, 0.25) is 0 Å². The smallest absolute Gasteiger partial charge is 0.360 e. The van der Waals surface area contributed by atoms with E-state index in [4.69, 9.17) is 0 Å². The first-order valence-electron chi connectivity index (χ1n) is 8.36. The molecule has 1 fully saturated rings. The van der Waals surface area contributed by atoms with Crippen LogP contribution >= 0.6 is 0 Å². The SMILES string of the molecule is CC1CCC(CC(C)n2c(=O)c(C(=O)O)nc3ccccc32)N1C. The van der Waals surface area contributed by atoms with Crippen molar-refractivity contribution in [3.8, 4) is 0 Å². The van der Waals surface area contributed by atoms with Crippen molar-refractivity contribution in [2.24, 2.45) is 0 Å².